The van der Waals surface area contributed by atoms with Crippen LogP contribution in [0.2, 0.25) is 0 Å². The minimum absolute atomic E-state index is 0.116. The predicted octanol–water partition coefficient (Wildman–Crippen LogP) is 1.91. The van der Waals surface area contributed by atoms with Crippen LogP contribution in [0.25, 0.3) is 0 Å². The van der Waals surface area contributed by atoms with E-state index in [0.29, 0.717) is 13.0 Å². The van der Waals surface area contributed by atoms with Crippen LogP contribution in [0.4, 0.5) is 4.79 Å². The van der Waals surface area contributed by atoms with Crippen molar-refractivity contribution in [1.82, 2.24) is 10.6 Å². The molecule has 110 valence electrons. The fraction of sp³-hybridized carbons (Fsp3) is 0.857. The number of hydrogen-bond donors (Lipinski definition) is 3. The van der Waals surface area contributed by atoms with Crippen LogP contribution < -0.4 is 16.4 Å². The zero-order valence-corrected chi connectivity index (χ0v) is 11.7. The van der Waals surface area contributed by atoms with Crippen LogP contribution in [0.3, 0.4) is 0 Å². The van der Waals surface area contributed by atoms with Crippen molar-refractivity contribution in [3.63, 3.8) is 0 Å². The van der Waals surface area contributed by atoms with E-state index in [9.17, 15) is 9.59 Å². The number of rotatable bonds is 9. The molecule has 0 aliphatic heterocycles. The average molecular weight is 269 g/mol. The second-order valence-corrected chi connectivity index (χ2v) is 5.39. The molecule has 4 N–H and O–H groups in total. The van der Waals surface area contributed by atoms with Crippen molar-refractivity contribution in [1.29, 1.82) is 0 Å². The molecule has 1 fully saturated rings. The first-order chi connectivity index (χ1) is 9.18. The van der Waals surface area contributed by atoms with Gasteiger partial charge in [0.15, 0.2) is 0 Å². The van der Waals surface area contributed by atoms with Crippen LogP contribution in [0, 0.1) is 5.92 Å². The highest BCUT2D eigenvalue weighted by molar-refractivity contribution is 5.75. The molecular weight excluding hydrogens is 242 g/mol. The highest BCUT2D eigenvalue weighted by Gasteiger charge is 2.14. The van der Waals surface area contributed by atoms with E-state index in [1.54, 1.807) is 0 Å². The van der Waals surface area contributed by atoms with Crippen LogP contribution in [0.1, 0.15) is 57.8 Å². The van der Waals surface area contributed by atoms with Gasteiger partial charge in [0.05, 0.1) is 0 Å². The number of urea groups is 1. The van der Waals surface area contributed by atoms with Crippen molar-refractivity contribution in [3.8, 4) is 0 Å². The van der Waals surface area contributed by atoms with Gasteiger partial charge >= 0.3 is 6.03 Å². The van der Waals surface area contributed by atoms with Gasteiger partial charge in [-0.15, -0.1) is 0 Å². The normalized spacial score (nSPS) is 15.4. The molecule has 0 aromatic carbocycles. The van der Waals surface area contributed by atoms with Crippen molar-refractivity contribution >= 4 is 11.9 Å². The highest BCUT2D eigenvalue weighted by Crippen LogP contribution is 2.28. The van der Waals surface area contributed by atoms with E-state index >= 15 is 0 Å². The SMILES string of the molecule is NC(=O)NCCCCC(=O)NCCCC1CCCC1. The molecule has 0 saturated heterocycles. The number of nitrogens with two attached hydrogens (primary N) is 1. The van der Waals surface area contributed by atoms with E-state index in [4.69, 9.17) is 5.73 Å². The summed E-state index contributed by atoms with van der Waals surface area (Å²) in [5.41, 5.74) is 4.94. The van der Waals surface area contributed by atoms with Gasteiger partial charge in [0, 0.05) is 19.5 Å². The molecule has 0 heterocycles. The lowest BCUT2D eigenvalue weighted by molar-refractivity contribution is -0.121. The Bertz CT molecular complexity index is 276. The van der Waals surface area contributed by atoms with E-state index in [-0.39, 0.29) is 5.91 Å². The van der Waals surface area contributed by atoms with Gasteiger partial charge in [0.2, 0.25) is 5.91 Å². The number of unbranched alkanes of at least 4 members (excludes halogenated alkanes) is 1. The lowest BCUT2D eigenvalue weighted by Crippen LogP contribution is -2.30. The summed E-state index contributed by atoms with van der Waals surface area (Å²) >= 11 is 0. The summed E-state index contributed by atoms with van der Waals surface area (Å²) in [5, 5.41) is 5.47. The molecule has 0 atom stereocenters. The first-order valence-corrected chi connectivity index (χ1v) is 7.48. The van der Waals surface area contributed by atoms with Gasteiger partial charge < -0.3 is 16.4 Å². The third-order valence-electron chi connectivity index (χ3n) is 3.72. The summed E-state index contributed by atoms with van der Waals surface area (Å²) in [6, 6.07) is -0.503. The lowest BCUT2D eigenvalue weighted by atomic mass is 10.0. The first kappa shape index (κ1) is 15.8. The maximum Gasteiger partial charge on any atom is 0.312 e. The van der Waals surface area contributed by atoms with Gasteiger partial charge in [-0.3, -0.25) is 4.79 Å². The Hall–Kier alpha value is -1.26. The molecule has 5 nitrogen and oxygen atoms in total. The number of carbonyl (C=O) groups is 2. The third-order valence-corrected chi connectivity index (χ3v) is 3.72. The second kappa shape index (κ2) is 9.64. The number of primary amides is 1. The summed E-state index contributed by atoms with van der Waals surface area (Å²) in [4.78, 5) is 21.9. The Morgan fingerprint density at radius 1 is 1.00 bits per heavy atom. The summed E-state index contributed by atoms with van der Waals surface area (Å²) in [6.45, 7) is 1.35. The smallest absolute Gasteiger partial charge is 0.312 e. The molecule has 1 aliphatic carbocycles. The maximum atomic E-state index is 11.5. The molecule has 1 rings (SSSR count). The summed E-state index contributed by atoms with van der Waals surface area (Å²) in [6.07, 6.45) is 9.98. The summed E-state index contributed by atoms with van der Waals surface area (Å²) < 4.78 is 0. The molecule has 1 saturated carbocycles. The minimum Gasteiger partial charge on any atom is -0.356 e. The minimum atomic E-state index is -0.503. The summed E-state index contributed by atoms with van der Waals surface area (Å²) in [7, 11) is 0. The molecule has 0 radical (unpaired) electrons. The van der Waals surface area contributed by atoms with E-state index in [1.807, 2.05) is 0 Å². The predicted molar refractivity (Wildman–Crippen MR) is 75.6 cm³/mol. The molecule has 19 heavy (non-hydrogen) atoms. The maximum absolute atomic E-state index is 11.5. The van der Waals surface area contributed by atoms with Crippen molar-refractivity contribution in [2.75, 3.05) is 13.1 Å². The number of carbonyl (C=O) groups excluding carboxylic acids is 2. The second-order valence-electron chi connectivity index (χ2n) is 5.39. The van der Waals surface area contributed by atoms with Gasteiger partial charge in [-0.25, -0.2) is 4.79 Å². The quantitative estimate of drug-likeness (QED) is 0.559. The average Bonchev–Trinajstić information content (AvgIpc) is 2.87. The Balaban J connectivity index is 1.86. The highest BCUT2D eigenvalue weighted by atomic mass is 16.2. The molecule has 0 spiro atoms. The topological polar surface area (TPSA) is 84.2 Å². The summed E-state index contributed by atoms with van der Waals surface area (Å²) in [5.74, 6) is 1.02. The Morgan fingerprint density at radius 2 is 1.68 bits per heavy atom. The Kier molecular flexibility index (Phi) is 8.02. The van der Waals surface area contributed by atoms with Crippen LogP contribution in [0.15, 0.2) is 0 Å². The van der Waals surface area contributed by atoms with E-state index < -0.39 is 6.03 Å². The van der Waals surface area contributed by atoms with E-state index in [2.05, 4.69) is 10.6 Å². The van der Waals surface area contributed by atoms with Gasteiger partial charge in [0.25, 0.3) is 0 Å². The number of nitrogens with one attached hydrogen (secondary N) is 2. The fourth-order valence-corrected chi connectivity index (χ4v) is 2.63. The number of hydrogen-bond acceptors (Lipinski definition) is 2. The largest absolute Gasteiger partial charge is 0.356 e. The van der Waals surface area contributed by atoms with Gasteiger partial charge in [-0.1, -0.05) is 25.7 Å². The Morgan fingerprint density at radius 3 is 2.37 bits per heavy atom. The molecule has 1 aliphatic rings. The molecular formula is C14H27N3O2. The molecule has 0 bridgehead atoms. The van der Waals surface area contributed by atoms with Gasteiger partial charge in [-0.2, -0.15) is 0 Å². The monoisotopic (exact) mass is 269 g/mol. The van der Waals surface area contributed by atoms with E-state index in [0.717, 1.165) is 31.7 Å². The third kappa shape index (κ3) is 8.46. The number of amides is 3. The molecule has 3 amide bonds. The Labute approximate surface area is 115 Å². The first-order valence-electron chi connectivity index (χ1n) is 7.48. The molecule has 0 aromatic rings. The van der Waals surface area contributed by atoms with Crippen molar-refractivity contribution in [2.24, 2.45) is 11.7 Å². The molecule has 0 unspecified atom stereocenters. The van der Waals surface area contributed by atoms with Crippen molar-refractivity contribution in [3.05, 3.63) is 0 Å². The van der Waals surface area contributed by atoms with Crippen LogP contribution >= 0.6 is 0 Å². The van der Waals surface area contributed by atoms with Gasteiger partial charge in [0.1, 0.15) is 0 Å². The van der Waals surface area contributed by atoms with E-state index in [1.165, 1.54) is 32.1 Å². The van der Waals surface area contributed by atoms with Crippen molar-refractivity contribution < 1.29 is 9.59 Å². The van der Waals surface area contributed by atoms with Crippen LogP contribution in [-0.2, 0) is 4.79 Å². The molecule has 5 heteroatoms. The van der Waals surface area contributed by atoms with Crippen LogP contribution in [0.5, 0.6) is 0 Å². The standard InChI is InChI=1S/C14H27N3O2/c15-14(19)17-10-4-3-9-13(18)16-11-5-8-12-6-1-2-7-12/h12H,1-11H2,(H,16,18)(H3,15,17,19). The lowest BCUT2D eigenvalue weighted by Gasteiger charge is -2.09. The molecule has 0 aromatic heterocycles. The van der Waals surface area contributed by atoms with Crippen LogP contribution in [-0.4, -0.2) is 25.0 Å². The fourth-order valence-electron chi connectivity index (χ4n) is 2.63. The van der Waals surface area contributed by atoms with Crippen molar-refractivity contribution in [2.45, 2.75) is 57.8 Å². The zero-order valence-electron chi connectivity index (χ0n) is 11.7. The zero-order chi connectivity index (χ0) is 13.9. The van der Waals surface area contributed by atoms with Gasteiger partial charge in [-0.05, 0) is 31.6 Å².